The highest BCUT2D eigenvalue weighted by Gasteiger charge is 2.33. The van der Waals surface area contributed by atoms with E-state index in [1.807, 2.05) is 6.92 Å². The molecule has 2 heterocycles. The molecule has 1 aliphatic heterocycles. The summed E-state index contributed by atoms with van der Waals surface area (Å²) in [6.45, 7) is 3.19. The highest BCUT2D eigenvalue weighted by Crippen LogP contribution is 2.35. The van der Waals surface area contributed by atoms with E-state index in [0.29, 0.717) is 49.0 Å². The fraction of sp³-hybridized carbons (Fsp3) is 0.400. The minimum absolute atomic E-state index is 0.0620. The molecule has 0 atom stereocenters. The summed E-state index contributed by atoms with van der Waals surface area (Å²) >= 11 is 12.1. The maximum Gasteiger partial charge on any atom is 0.417 e. The number of benzene rings is 1. The average molecular weight is 462 g/mol. The van der Waals surface area contributed by atoms with Crippen LogP contribution in [0.2, 0.25) is 10.0 Å². The van der Waals surface area contributed by atoms with Gasteiger partial charge < -0.3 is 15.0 Å². The topological polar surface area (TPSA) is 54.5 Å². The van der Waals surface area contributed by atoms with Crippen LogP contribution in [0, 0.1) is 5.92 Å². The summed E-state index contributed by atoms with van der Waals surface area (Å²) in [5.41, 5.74) is -0.388. The van der Waals surface area contributed by atoms with Crippen molar-refractivity contribution in [2.24, 2.45) is 5.92 Å². The predicted molar refractivity (Wildman–Crippen MR) is 110 cm³/mol. The lowest BCUT2D eigenvalue weighted by molar-refractivity contribution is -0.137. The predicted octanol–water partition coefficient (Wildman–Crippen LogP) is 5.66. The van der Waals surface area contributed by atoms with E-state index in [1.165, 1.54) is 0 Å². The van der Waals surface area contributed by atoms with E-state index in [2.05, 4.69) is 10.3 Å². The molecule has 1 aromatic carbocycles. The standard InChI is InChI=1S/C20H20Cl2F3N3O2/c1-2-30-17-4-3-14(21)10-16(17)27-19(29)12-5-7-28(8-6-12)18-15(22)9-13(11-26-18)20(23,24)25/h3-4,9-12H,2,5-8H2,1H3,(H,27,29). The molecule has 1 saturated heterocycles. The number of piperidine rings is 1. The average Bonchev–Trinajstić information content (AvgIpc) is 2.69. The fourth-order valence-corrected chi connectivity index (χ4v) is 3.75. The van der Waals surface area contributed by atoms with Gasteiger partial charge in [0.25, 0.3) is 0 Å². The van der Waals surface area contributed by atoms with Crippen LogP contribution in [0.4, 0.5) is 24.7 Å². The van der Waals surface area contributed by atoms with E-state index >= 15 is 0 Å². The molecule has 0 aliphatic carbocycles. The van der Waals surface area contributed by atoms with Crippen LogP contribution in [0.1, 0.15) is 25.3 Å². The van der Waals surface area contributed by atoms with Crippen molar-refractivity contribution in [2.45, 2.75) is 25.9 Å². The summed E-state index contributed by atoms with van der Waals surface area (Å²) in [6, 6.07) is 5.88. The van der Waals surface area contributed by atoms with Gasteiger partial charge in [0, 0.05) is 30.2 Å². The van der Waals surface area contributed by atoms with Gasteiger partial charge in [0.15, 0.2) is 0 Å². The number of nitrogens with one attached hydrogen (secondary N) is 1. The molecule has 1 aromatic heterocycles. The molecule has 162 valence electrons. The maximum atomic E-state index is 12.8. The molecule has 10 heteroatoms. The molecule has 1 N–H and O–H groups in total. The van der Waals surface area contributed by atoms with Crippen LogP contribution in [0.25, 0.3) is 0 Å². The van der Waals surface area contributed by atoms with E-state index in [1.54, 1.807) is 23.1 Å². The molecule has 1 fully saturated rings. The Kier molecular flexibility index (Phi) is 6.98. The van der Waals surface area contributed by atoms with Gasteiger partial charge in [-0.25, -0.2) is 4.98 Å². The minimum Gasteiger partial charge on any atom is -0.492 e. The molecule has 0 bridgehead atoms. The van der Waals surface area contributed by atoms with Gasteiger partial charge in [0.2, 0.25) is 5.91 Å². The number of hydrogen-bond acceptors (Lipinski definition) is 4. The zero-order valence-corrected chi connectivity index (χ0v) is 17.6. The summed E-state index contributed by atoms with van der Waals surface area (Å²) in [4.78, 5) is 18.4. The van der Waals surface area contributed by atoms with Crippen molar-refractivity contribution in [3.8, 4) is 5.75 Å². The van der Waals surface area contributed by atoms with E-state index < -0.39 is 11.7 Å². The SMILES string of the molecule is CCOc1ccc(Cl)cc1NC(=O)C1CCN(c2ncc(C(F)(F)F)cc2Cl)CC1. The summed E-state index contributed by atoms with van der Waals surface area (Å²) in [5.74, 6) is 0.401. The first kappa shape index (κ1) is 22.5. The van der Waals surface area contributed by atoms with E-state index in [-0.39, 0.29) is 22.7 Å². The van der Waals surface area contributed by atoms with Crippen molar-refractivity contribution in [1.82, 2.24) is 4.98 Å². The van der Waals surface area contributed by atoms with E-state index in [4.69, 9.17) is 27.9 Å². The summed E-state index contributed by atoms with van der Waals surface area (Å²) < 4.78 is 43.9. The van der Waals surface area contributed by atoms with Gasteiger partial charge >= 0.3 is 6.18 Å². The normalized spacial score (nSPS) is 15.2. The lowest BCUT2D eigenvalue weighted by atomic mass is 9.95. The van der Waals surface area contributed by atoms with E-state index in [0.717, 1.165) is 12.3 Å². The quantitative estimate of drug-likeness (QED) is 0.623. The summed E-state index contributed by atoms with van der Waals surface area (Å²) in [7, 11) is 0. The van der Waals surface area contributed by atoms with Gasteiger partial charge in [0.05, 0.1) is 22.9 Å². The number of pyridine rings is 1. The number of carbonyl (C=O) groups excluding carboxylic acids is 1. The van der Waals surface area contributed by atoms with Crippen molar-refractivity contribution in [3.05, 3.63) is 46.1 Å². The van der Waals surface area contributed by atoms with Crippen LogP contribution in [-0.4, -0.2) is 30.6 Å². The van der Waals surface area contributed by atoms with Crippen LogP contribution in [0.3, 0.4) is 0 Å². The second kappa shape index (κ2) is 9.31. The Hall–Kier alpha value is -2.19. The van der Waals surface area contributed by atoms with Crippen molar-refractivity contribution >= 4 is 40.6 Å². The molecular weight excluding hydrogens is 442 g/mol. The Morgan fingerprint density at radius 2 is 1.97 bits per heavy atom. The van der Waals surface area contributed by atoms with Gasteiger partial charge in [-0.15, -0.1) is 0 Å². The Morgan fingerprint density at radius 1 is 1.27 bits per heavy atom. The molecule has 1 aliphatic rings. The van der Waals surface area contributed by atoms with Crippen molar-refractivity contribution in [1.29, 1.82) is 0 Å². The molecular formula is C20H20Cl2F3N3O2. The molecule has 0 unspecified atom stereocenters. The Balaban J connectivity index is 1.63. The fourth-order valence-electron chi connectivity index (χ4n) is 3.29. The molecule has 0 saturated carbocycles. The minimum atomic E-state index is -4.50. The number of alkyl halides is 3. The second-order valence-electron chi connectivity index (χ2n) is 6.85. The number of hydrogen-bond donors (Lipinski definition) is 1. The van der Waals surface area contributed by atoms with Crippen LogP contribution < -0.4 is 15.0 Å². The lowest BCUT2D eigenvalue weighted by Crippen LogP contribution is -2.38. The van der Waals surface area contributed by atoms with Gasteiger partial charge in [-0.05, 0) is 44.0 Å². The van der Waals surface area contributed by atoms with Crippen LogP contribution in [0.5, 0.6) is 5.75 Å². The molecule has 30 heavy (non-hydrogen) atoms. The molecule has 0 spiro atoms. The summed E-state index contributed by atoms with van der Waals surface area (Å²) in [5, 5.41) is 3.28. The number of ether oxygens (including phenoxy) is 1. The number of nitrogens with zero attached hydrogens (tertiary/aromatic N) is 2. The molecule has 0 radical (unpaired) electrons. The third kappa shape index (κ3) is 5.29. The maximum absolute atomic E-state index is 12.8. The first-order chi connectivity index (χ1) is 14.2. The molecule has 3 rings (SSSR count). The number of aromatic nitrogens is 1. The smallest absolute Gasteiger partial charge is 0.417 e. The van der Waals surface area contributed by atoms with Gasteiger partial charge in [0.1, 0.15) is 11.6 Å². The zero-order chi connectivity index (χ0) is 21.9. The Bertz CT molecular complexity index is 917. The number of rotatable bonds is 5. The van der Waals surface area contributed by atoms with Crippen LogP contribution in [-0.2, 0) is 11.0 Å². The van der Waals surface area contributed by atoms with Crippen molar-refractivity contribution in [2.75, 3.05) is 29.9 Å². The third-order valence-corrected chi connectivity index (χ3v) is 5.33. The van der Waals surface area contributed by atoms with Gasteiger partial charge in [-0.3, -0.25) is 4.79 Å². The number of carbonyl (C=O) groups is 1. The van der Waals surface area contributed by atoms with Gasteiger partial charge in [-0.2, -0.15) is 13.2 Å². The highest BCUT2D eigenvalue weighted by atomic mass is 35.5. The van der Waals surface area contributed by atoms with Gasteiger partial charge in [-0.1, -0.05) is 23.2 Å². The van der Waals surface area contributed by atoms with Crippen molar-refractivity contribution in [3.63, 3.8) is 0 Å². The number of amides is 1. The monoisotopic (exact) mass is 461 g/mol. The molecule has 2 aromatic rings. The third-order valence-electron chi connectivity index (χ3n) is 4.81. The first-order valence-electron chi connectivity index (χ1n) is 9.40. The molecule has 1 amide bonds. The first-order valence-corrected chi connectivity index (χ1v) is 10.2. The largest absolute Gasteiger partial charge is 0.492 e. The van der Waals surface area contributed by atoms with E-state index in [9.17, 15) is 18.0 Å². The Morgan fingerprint density at radius 3 is 2.57 bits per heavy atom. The Labute approximate surface area is 182 Å². The number of halogens is 5. The highest BCUT2D eigenvalue weighted by molar-refractivity contribution is 6.33. The van der Waals surface area contributed by atoms with Crippen molar-refractivity contribution < 1.29 is 22.7 Å². The van der Waals surface area contributed by atoms with Crippen LogP contribution in [0.15, 0.2) is 30.5 Å². The zero-order valence-electron chi connectivity index (χ0n) is 16.1. The second-order valence-corrected chi connectivity index (χ2v) is 7.69. The lowest BCUT2D eigenvalue weighted by Gasteiger charge is -2.32. The number of anilines is 2. The van der Waals surface area contributed by atoms with Crippen LogP contribution >= 0.6 is 23.2 Å². The molecule has 5 nitrogen and oxygen atoms in total. The summed E-state index contributed by atoms with van der Waals surface area (Å²) in [6.07, 6.45) is -2.71.